The number of benzene rings is 2. The number of ketones is 1. The SMILES string of the molecule is CCOc1ccc2c(c1)O/C(=C\c1ccc(OC(=O)c3ccco3)c(OC)c1)C2=O. The fourth-order valence-corrected chi connectivity index (χ4v) is 2.98. The van der Waals surface area contributed by atoms with Gasteiger partial charge in [-0.25, -0.2) is 4.79 Å². The van der Waals surface area contributed by atoms with Crippen LogP contribution in [0, 0.1) is 0 Å². The summed E-state index contributed by atoms with van der Waals surface area (Å²) in [5.74, 6) is 1.04. The smallest absolute Gasteiger partial charge is 0.379 e. The Hall–Kier alpha value is -4.00. The summed E-state index contributed by atoms with van der Waals surface area (Å²) in [5.41, 5.74) is 1.12. The number of Topliss-reactive ketones (excluding diaryl/α,β-unsaturated/α-hetero) is 1. The van der Waals surface area contributed by atoms with Gasteiger partial charge in [0.2, 0.25) is 11.5 Å². The monoisotopic (exact) mass is 406 g/mol. The van der Waals surface area contributed by atoms with Crippen LogP contribution in [0.15, 0.2) is 65.0 Å². The molecule has 3 aromatic rings. The highest BCUT2D eigenvalue weighted by molar-refractivity contribution is 6.14. The number of furan rings is 1. The average molecular weight is 406 g/mol. The number of ether oxygens (including phenoxy) is 4. The van der Waals surface area contributed by atoms with Gasteiger partial charge >= 0.3 is 5.97 Å². The molecule has 2 heterocycles. The van der Waals surface area contributed by atoms with Gasteiger partial charge in [-0.3, -0.25) is 4.79 Å². The van der Waals surface area contributed by atoms with Crippen LogP contribution in [-0.2, 0) is 0 Å². The third kappa shape index (κ3) is 3.77. The van der Waals surface area contributed by atoms with Gasteiger partial charge in [-0.1, -0.05) is 6.07 Å². The lowest BCUT2D eigenvalue weighted by atomic mass is 10.1. The summed E-state index contributed by atoms with van der Waals surface area (Å²) in [7, 11) is 1.46. The topological polar surface area (TPSA) is 84.2 Å². The summed E-state index contributed by atoms with van der Waals surface area (Å²) < 4.78 is 26.8. The number of allylic oxidation sites excluding steroid dienone is 1. The van der Waals surface area contributed by atoms with Crippen molar-refractivity contribution >= 4 is 17.8 Å². The van der Waals surface area contributed by atoms with Crippen molar-refractivity contribution < 1.29 is 33.0 Å². The van der Waals surface area contributed by atoms with Gasteiger partial charge in [0, 0.05) is 6.07 Å². The molecule has 0 aliphatic carbocycles. The molecule has 152 valence electrons. The van der Waals surface area contributed by atoms with Gasteiger partial charge in [-0.15, -0.1) is 0 Å². The number of hydrogen-bond acceptors (Lipinski definition) is 7. The average Bonchev–Trinajstić information content (AvgIpc) is 3.38. The summed E-state index contributed by atoms with van der Waals surface area (Å²) in [6.07, 6.45) is 2.99. The Bertz CT molecular complexity index is 1130. The molecule has 4 rings (SSSR count). The van der Waals surface area contributed by atoms with Gasteiger partial charge in [0.1, 0.15) is 11.5 Å². The first-order valence-corrected chi connectivity index (χ1v) is 9.24. The number of esters is 1. The zero-order valence-corrected chi connectivity index (χ0v) is 16.3. The van der Waals surface area contributed by atoms with E-state index in [1.165, 1.54) is 19.4 Å². The fourth-order valence-electron chi connectivity index (χ4n) is 2.98. The zero-order valence-electron chi connectivity index (χ0n) is 16.3. The molecule has 0 unspecified atom stereocenters. The standard InChI is InChI=1S/C23H18O7/c1-3-27-15-7-8-16-19(13-15)29-21(22(16)24)12-14-6-9-17(20(11-14)26-2)30-23(25)18-5-4-10-28-18/h4-13H,3H2,1-2H3/b21-12-. The van der Waals surface area contributed by atoms with Crippen LogP contribution in [0.3, 0.4) is 0 Å². The Labute approximate surface area is 172 Å². The molecule has 0 amide bonds. The first-order chi connectivity index (χ1) is 14.6. The first kappa shape index (κ1) is 19.3. The van der Waals surface area contributed by atoms with E-state index in [1.807, 2.05) is 6.92 Å². The van der Waals surface area contributed by atoms with Crippen LogP contribution in [0.1, 0.15) is 33.4 Å². The van der Waals surface area contributed by atoms with Crippen molar-refractivity contribution in [3.63, 3.8) is 0 Å². The van der Waals surface area contributed by atoms with E-state index in [0.29, 0.717) is 35.0 Å². The van der Waals surface area contributed by atoms with Crippen molar-refractivity contribution in [3.8, 4) is 23.0 Å². The predicted octanol–water partition coefficient (Wildman–Crippen LogP) is 4.52. The van der Waals surface area contributed by atoms with Crippen molar-refractivity contribution in [2.45, 2.75) is 6.92 Å². The van der Waals surface area contributed by atoms with Gasteiger partial charge in [-0.05, 0) is 55.0 Å². The maximum Gasteiger partial charge on any atom is 0.379 e. The second-order valence-corrected chi connectivity index (χ2v) is 6.31. The van der Waals surface area contributed by atoms with Crippen molar-refractivity contribution in [3.05, 3.63) is 77.4 Å². The van der Waals surface area contributed by atoms with Gasteiger partial charge < -0.3 is 23.4 Å². The molecular formula is C23H18O7. The quantitative estimate of drug-likeness (QED) is 0.338. The Morgan fingerprint density at radius 1 is 1.10 bits per heavy atom. The highest BCUT2D eigenvalue weighted by Crippen LogP contribution is 2.36. The van der Waals surface area contributed by atoms with Crippen molar-refractivity contribution in [2.24, 2.45) is 0 Å². The molecule has 0 bridgehead atoms. The summed E-state index contributed by atoms with van der Waals surface area (Å²) in [6, 6.07) is 13.1. The summed E-state index contributed by atoms with van der Waals surface area (Å²) in [5, 5.41) is 0. The molecule has 0 N–H and O–H groups in total. The predicted molar refractivity (Wildman–Crippen MR) is 107 cm³/mol. The number of rotatable bonds is 6. The zero-order chi connectivity index (χ0) is 21.1. The molecule has 2 aromatic carbocycles. The number of carbonyl (C=O) groups is 2. The van der Waals surface area contributed by atoms with E-state index in [4.69, 9.17) is 23.4 Å². The number of hydrogen-bond donors (Lipinski definition) is 0. The Balaban J connectivity index is 1.56. The van der Waals surface area contributed by atoms with Gasteiger partial charge in [0.25, 0.3) is 0 Å². The van der Waals surface area contributed by atoms with E-state index < -0.39 is 5.97 Å². The molecule has 0 spiro atoms. The van der Waals surface area contributed by atoms with E-state index >= 15 is 0 Å². The summed E-state index contributed by atoms with van der Waals surface area (Å²) >= 11 is 0. The van der Waals surface area contributed by atoms with Crippen LogP contribution in [0.5, 0.6) is 23.0 Å². The molecule has 0 saturated carbocycles. The van der Waals surface area contributed by atoms with Crippen molar-refractivity contribution in [1.29, 1.82) is 0 Å². The maximum atomic E-state index is 12.6. The van der Waals surface area contributed by atoms with E-state index in [1.54, 1.807) is 48.5 Å². The molecule has 1 aliphatic heterocycles. The van der Waals surface area contributed by atoms with E-state index in [0.717, 1.165) is 0 Å². The van der Waals surface area contributed by atoms with E-state index in [-0.39, 0.29) is 23.1 Å². The first-order valence-electron chi connectivity index (χ1n) is 9.24. The van der Waals surface area contributed by atoms with Crippen LogP contribution in [0.2, 0.25) is 0 Å². The minimum absolute atomic E-state index is 0.0809. The van der Waals surface area contributed by atoms with Crippen LogP contribution in [0.4, 0.5) is 0 Å². The molecule has 1 aliphatic rings. The highest BCUT2D eigenvalue weighted by atomic mass is 16.6. The minimum Gasteiger partial charge on any atom is -0.494 e. The van der Waals surface area contributed by atoms with Crippen LogP contribution < -0.4 is 18.9 Å². The maximum absolute atomic E-state index is 12.6. The number of methoxy groups -OCH3 is 1. The lowest BCUT2D eigenvalue weighted by Gasteiger charge is -2.09. The molecule has 7 nitrogen and oxygen atoms in total. The summed E-state index contributed by atoms with van der Waals surface area (Å²) in [4.78, 5) is 24.7. The van der Waals surface area contributed by atoms with Crippen LogP contribution in [-0.4, -0.2) is 25.5 Å². The second kappa shape index (κ2) is 8.16. The van der Waals surface area contributed by atoms with Crippen molar-refractivity contribution in [1.82, 2.24) is 0 Å². The number of carbonyl (C=O) groups excluding carboxylic acids is 2. The Kier molecular flexibility index (Phi) is 5.26. The minimum atomic E-state index is -0.640. The van der Waals surface area contributed by atoms with E-state index in [2.05, 4.69) is 0 Å². The molecule has 0 fully saturated rings. The molecule has 7 heteroatoms. The van der Waals surface area contributed by atoms with E-state index in [9.17, 15) is 9.59 Å². The third-order valence-electron chi connectivity index (χ3n) is 4.36. The molecule has 0 radical (unpaired) electrons. The normalized spacial score (nSPS) is 13.7. The number of fused-ring (bicyclic) bond motifs is 1. The molecular weight excluding hydrogens is 388 g/mol. The molecule has 0 atom stereocenters. The summed E-state index contributed by atoms with van der Waals surface area (Å²) in [6.45, 7) is 2.40. The van der Waals surface area contributed by atoms with Crippen molar-refractivity contribution in [2.75, 3.05) is 13.7 Å². The fraction of sp³-hybridized carbons (Fsp3) is 0.130. The lowest BCUT2D eigenvalue weighted by Crippen LogP contribution is -2.08. The van der Waals surface area contributed by atoms with Crippen LogP contribution in [0.25, 0.3) is 6.08 Å². The molecule has 1 aromatic heterocycles. The van der Waals surface area contributed by atoms with Gasteiger partial charge in [0.05, 0.1) is 25.5 Å². The molecule has 30 heavy (non-hydrogen) atoms. The highest BCUT2D eigenvalue weighted by Gasteiger charge is 2.28. The lowest BCUT2D eigenvalue weighted by molar-refractivity contribution is 0.0696. The Morgan fingerprint density at radius 2 is 1.97 bits per heavy atom. The van der Waals surface area contributed by atoms with Crippen LogP contribution >= 0.6 is 0 Å². The second-order valence-electron chi connectivity index (χ2n) is 6.31. The molecule has 0 saturated heterocycles. The third-order valence-corrected chi connectivity index (χ3v) is 4.36. The Morgan fingerprint density at radius 3 is 2.70 bits per heavy atom. The van der Waals surface area contributed by atoms with Gasteiger partial charge in [-0.2, -0.15) is 0 Å². The van der Waals surface area contributed by atoms with Gasteiger partial charge in [0.15, 0.2) is 17.3 Å². The largest absolute Gasteiger partial charge is 0.494 e.